The van der Waals surface area contributed by atoms with Gasteiger partial charge >= 0.3 is 0 Å². The summed E-state index contributed by atoms with van der Waals surface area (Å²) < 4.78 is 6.45. The van der Waals surface area contributed by atoms with Crippen LogP contribution in [0, 0.1) is 0 Å². The van der Waals surface area contributed by atoms with Gasteiger partial charge in [0, 0.05) is 17.3 Å². The molecular weight excluding hydrogens is 366 g/mol. The summed E-state index contributed by atoms with van der Waals surface area (Å²) in [6.07, 6.45) is 5.04. The van der Waals surface area contributed by atoms with Crippen molar-refractivity contribution in [3.05, 3.63) is 82.2 Å². The van der Waals surface area contributed by atoms with Gasteiger partial charge in [-0.3, -0.25) is 9.59 Å². The molecule has 6 heteroatoms. The number of ether oxygens (including phenoxy) is 1. The number of benzene rings is 2. The monoisotopic (exact) mass is 387 g/mol. The van der Waals surface area contributed by atoms with Crippen molar-refractivity contribution in [1.29, 1.82) is 0 Å². The minimum absolute atomic E-state index is 0.302. The van der Waals surface area contributed by atoms with E-state index in [1.165, 1.54) is 16.3 Å². The number of nitrogens with zero attached hydrogens (tertiary/aromatic N) is 2. The van der Waals surface area contributed by atoms with Crippen LogP contribution in [-0.2, 0) is 11.2 Å². The van der Waals surface area contributed by atoms with Crippen LogP contribution in [0.5, 0.6) is 5.75 Å². The molecule has 0 aliphatic heterocycles. The van der Waals surface area contributed by atoms with Crippen molar-refractivity contribution < 1.29 is 9.53 Å². The lowest BCUT2D eigenvalue weighted by molar-refractivity contribution is -0.119. The van der Waals surface area contributed by atoms with Gasteiger partial charge in [-0.05, 0) is 54.8 Å². The molecule has 1 aliphatic rings. The highest BCUT2D eigenvalue weighted by Crippen LogP contribution is 2.24. The minimum atomic E-state index is -0.767. The number of rotatable bonds is 5. The van der Waals surface area contributed by atoms with Crippen molar-refractivity contribution in [2.45, 2.75) is 19.4 Å². The number of fused-ring (bicyclic) bond motifs is 1. The highest BCUT2D eigenvalue weighted by Gasteiger charge is 2.19. The lowest BCUT2D eigenvalue weighted by atomic mass is 10.1. The molecule has 0 saturated carbocycles. The number of hydrogen-bond donors (Lipinski definition) is 1. The van der Waals surface area contributed by atoms with Crippen molar-refractivity contribution in [1.82, 2.24) is 9.78 Å². The largest absolute Gasteiger partial charge is 0.497 e. The van der Waals surface area contributed by atoms with E-state index in [1.54, 1.807) is 20.1 Å². The minimum Gasteiger partial charge on any atom is -0.497 e. The van der Waals surface area contributed by atoms with Gasteiger partial charge < -0.3 is 10.1 Å². The fourth-order valence-corrected chi connectivity index (χ4v) is 3.32. The lowest BCUT2D eigenvalue weighted by Gasteiger charge is -2.15. The van der Waals surface area contributed by atoms with Gasteiger partial charge in [0.15, 0.2) is 0 Å². The summed E-state index contributed by atoms with van der Waals surface area (Å²) >= 11 is 0. The Hall–Kier alpha value is -3.67. The number of amides is 1. The Balaban J connectivity index is 1.59. The highest BCUT2D eigenvalue weighted by atomic mass is 16.5. The van der Waals surface area contributed by atoms with Crippen LogP contribution in [0.2, 0.25) is 0 Å². The molecule has 0 bridgehead atoms. The molecule has 4 rings (SSSR count). The second kappa shape index (κ2) is 7.75. The Morgan fingerprint density at radius 3 is 2.86 bits per heavy atom. The first-order chi connectivity index (χ1) is 14.0. The van der Waals surface area contributed by atoms with Gasteiger partial charge in [-0.25, -0.2) is 4.68 Å². The number of allylic oxidation sites excluding steroid dienone is 1. The summed E-state index contributed by atoms with van der Waals surface area (Å²) in [5.74, 6) is 0.391. The van der Waals surface area contributed by atoms with Crippen LogP contribution in [0.15, 0.2) is 65.5 Å². The molecule has 29 heavy (non-hydrogen) atoms. The molecule has 1 unspecified atom stereocenters. The molecule has 1 atom stereocenters. The van der Waals surface area contributed by atoms with Crippen LogP contribution in [0.1, 0.15) is 24.1 Å². The highest BCUT2D eigenvalue weighted by molar-refractivity contribution is 5.93. The lowest BCUT2D eigenvalue weighted by Crippen LogP contribution is -2.33. The predicted molar refractivity (Wildman–Crippen MR) is 113 cm³/mol. The molecule has 0 spiro atoms. The SMILES string of the molecule is COc1cccc(-c2ccc(=O)n(C(C)C(=O)Nc3ccc4c(c3)C=CC4)n2)c1. The van der Waals surface area contributed by atoms with Gasteiger partial charge in [0.25, 0.3) is 5.56 Å². The van der Waals surface area contributed by atoms with Gasteiger partial charge in [-0.1, -0.05) is 30.4 Å². The maximum Gasteiger partial charge on any atom is 0.267 e. The number of anilines is 1. The van der Waals surface area contributed by atoms with Gasteiger partial charge in [-0.2, -0.15) is 5.10 Å². The standard InChI is InChI=1S/C23H21N3O3/c1-15(23(28)24-19-10-9-16-5-3-6-17(16)13-19)26-22(27)12-11-21(25-26)18-7-4-8-20(14-18)29-2/h3-4,6-15H,5H2,1-2H3,(H,24,28). The van der Waals surface area contributed by atoms with E-state index in [-0.39, 0.29) is 11.5 Å². The Bertz CT molecular complexity index is 1160. The molecule has 1 aromatic heterocycles. The smallest absolute Gasteiger partial charge is 0.267 e. The molecule has 6 nitrogen and oxygen atoms in total. The molecule has 1 amide bonds. The van der Waals surface area contributed by atoms with Crippen molar-refractivity contribution in [2.75, 3.05) is 12.4 Å². The summed E-state index contributed by atoms with van der Waals surface area (Å²) in [7, 11) is 1.59. The van der Waals surface area contributed by atoms with Crippen LogP contribution in [-0.4, -0.2) is 22.8 Å². The first-order valence-corrected chi connectivity index (χ1v) is 9.40. The van der Waals surface area contributed by atoms with E-state index in [4.69, 9.17) is 4.74 Å². The zero-order valence-electron chi connectivity index (χ0n) is 16.3. The Labute approximate surface area is 168 Å². The van der Waals surface area contributed by atoms with Crippen LogP contribution in [0.25, 0.3) is 17.3 Å². The number of hydrogen-bond acceptors (Lipinski definition) is 4. The number of nitrogens with one attached hydrogen (secondary N) is 1. The fourth-order valence-electron chi connectivity index (χ4n) is 3.32. The molecule has 1 heterocycles. The zero-order chi connectivity index (χ0) is 20.4. The molecular formula is C23H21N3O3. The van der Waals surface area contributed by atoms with Gasteiger partial charge in [-0.15, -0.1) is 0 Å². The van der Waals surface area contributed by atoms with Crippen LogP contribution >= 0.6 is 0 Å². The molecule has 3 aromatic rings. The van der Waals surface area contributed by atoms with E-state index in [9.17, 15) is 9.59 Å². The van der Waals surface area contributed by atoms with E-state index in [0.717, 1.165) is 17.5 Å². The van der Waals surface area contributed by atoms with Crippen molar-refractivity contribution >= 4 is 17.7 Å². The number of aromatic nitrogens is 2. The van der Waals surface area contributed by atoms with E-state index in [0.29, 0.717) is 17.1 Å². The second-order valence-corrected chi connectivity index (χ2v) is 6.92. The van der Waals surface area contributed by atoms with Crippen LogP contribution < -0.4 is 15.6 Å². The molecule has 0 radical (unpaired) electrons. The maximum absolute atomic E-state index is 12.8. The van der Waals surface area contributed by atoms with Crippen molar-refractivity contribution in [3.63, 3.8) is 0 Å². The predicted octanol–water partition coefficient (Wildman–Crippen LogP) is 3.69. The first-order valence-electron chi connectivity index (χ1n) is 9.40. The third kappa shape index (κ3) is 3.82. The van der Waals surface area contributed by atoms with E-state index in [2.05, 4.69) is 16.5 Å². The van der Waals surface area contributed by atoms with Crippen molar-refractivity contribution in [2.24, 2.45) is 0 Å². The van der Waals surface area contributed by atoms with Crippen LogP contribution in [0.4, 0.5) is 5.69 Å². The number of carbonyl (C=O) groups excluding carboxylic acids is 1. The molecule has 1 N–H and O–H groups in total. The second-order valence-electron chi connectivity index (χ2n) is 6.92. The zero-order valence-corrected chi connectivity index (χ0v) is 16.3. The Morgan fingerprint density at radius 1 is 1.17 bits per heavy atom. The summed E-state index contributed by atoms with van der Waals surface area (Å²) in [5, 5.41) is 7.30. The Kier molecular flexibility index (Phi) is 4.99. The molecule has 2 aromatic carbocycles. The Morgan fingerprint density at radius 2 is 2.03 bits per heavy atom. The number of carbonyl (C=O) groups is 1. The molecule has 0 fully saturated rings. The summed E-state index contributed by atoms with van der Waals surface area (Å²) in [5.41, 5.74) is 4.09. The topological polar surface area (TPSA) is 73.2 Å². The average Bonchev–Trinajstić information content (AvgIpc) is 3.21. The summed E-state index contributed by atoms with van der Waals surface area (Å²) in [4.78, 5) is 25.1. The molecule has 146 valence electrons. The van der Waals surface area contributed by atoms with Gasteiger partial charge in [0.05, 0.1) is 12.8 Å². The first kappa shape index (κ1) is 18.7. The summed E-state index contributed by atoms with van der Waals surface area (Å²) in [6.45, 7) is 1.66. The average molecular weight is 387 g/mol. The van der Waals surface area contributed by atoms with Crippen LogP contribution in [0.3, 0.4) is 0 Å². The van der Waals surface area contributed by atoms with Crippen molar-refractivity contribution in [3.8, 4) is 17.0 Å². The molecule has 1 aliphatic carbocycles. The van der Waals surface area contributed by atoms with E-state index >= 15 is 0 Å². The third-order valence-corrected chi connectivity index (χ3v) is 4.99. The quantitative estimate of drug-likeness (QED) is 0.725. The van der Waals surface area contributed by atoms with E-state index < -0.39 is 6.04 Å². The fraction of sp³-hybridized carbons (Fsp3) is 0.174. The maximum atomic E-state index is 12.8. The normalized spacial score (nSPS) is 13.0. The molecule has 0 saturated heterocycles. The summed E-state index contributed by atoms with van der Waals surface area (Å²) in [6, 6.07) is 15.5. The van der Waals surface area contributed by atoms with Gasteiger partial charge in [0.1, 0.15) is 11.8 Å². The third-order valence-electron chi connectivity index (χ3n) is 4.99. The number of methoxy groups -OCH3 is 1. The van der Waals surface area contributed by atoms with E-state index in [1.807, 2.05) is 48.5 Å². The van der Waals surface area contributed by atoms with Gasteiger partial charge in [0.2, 0.25) is 5.91 Å².